The van der Waals surface area contributed by atoms with Gasteiger partial charge >= 0.3 is 15.6 Å². The summed E-state index contributed by atoms with van der Waals surface area (Å²) < 4.78 is 30.2. The van der Waals surface area contributed by atoms with Crippen molar-refractivity contribution in [2.24, 2.45) is 0 Å². The van der Waals surface area contributed by atoms with E-state index < -0.39 is 26.8 Å². The second-order valence-electron chi connectivity index (χ2n) is 4.18. The van der Waals surface area contributed by atoms with E-state index in [0.717, 1.165) is 0 Å². The zero-order valence-electron chi connectivity index (χ0n) is 9.32. The Morgan fingerprint density at radius 1 is 0.750 bits per heavy atom. The highest BCUT2D eigenvalue weighted by Gasteiger charge is 2.47. The van der Waals surface area contributed by atoms with E-state index in [4.69, 9.17) is 19.6 Å². The van der Waals surface area contributed by atoms with Crippen LogP contribution in [-0.2, 0) is 18.2 Å². The van der Waals surface area contributed by atoms with Crippen LogP contribution >= 0.6 is 15.6 Å². The average Bonchev–Trinajstić information content (AvgIpc) is 1.72. The van der Waals surface area contributed by atoms with Crippen LogP contribution in [0, 0.1) is 0 Å². The van der Waals surface area contributed by atoms with E-state index in [2.05, 4.69) is 9.05 Å². The van der Waals surface area contributed by atoms with E-state index in [1.807, 2.05) is 0 Å². The van der Waals surface area contributed by atoms with E-state index in [-0.39, 0.29) is 0 Å². The van der Waals surface area contributed by atoms with Crippen molar-refractivity contribution in [1.29, 1.82) is 0 Å². The van der Waals surface area contributed by atoms with Crippen LogP contribution in [0.4, 0.5) is 0 Å². The van der Waals surface area contributed by atoms with Gasteiger partial charge in [0.05, 0.1) is 0 Å². The first-order chi connectivity index (χ1) is 6.66. The molecule has 0 aliphatic heterocycles. The fraction of sp³-hybridized carbons (Fsp3) is 1.00. The number of hydrogen-bond acceptors (Lipinski definition) is 4. The molecular weight excluding hydrogens is 262 g/mol. The number of rotatable bonds is 5. The first-order valence-corrected chi connectivity index (χ1v) is 7.25. The highest BCUT2D eigenvalue weighted by Crippen LogP contribution is 2.50. The van der Waals surface area contributed by atoms with Gasteiger partial charge in [0, 0.05) is 0 Å². The van der Waals surface area contributed by atoms with Gasteiger partial charge in [0.2, 0.25) is 0 Å². The van der Waals surface area contributed by atoms with E-state index >= 15 is 0 Å². The SMILES string of the molecule is CC(C)(OP(=O)(O)O)C(C)(C)OP(=O)(O)O. The van der Waals surface area contributed by atoms with Gasteiger partial charge in [-0.2, -0.15) is 0 Å². The molecule has 10 heteroatoms. The third kappa shape index (κ3) is 5.52. The summed E-state index contributed by atoms with van der Waals surface area (Å²) in [6.07, 6.45) is 0. The van der Waals surface area contributed by atoms with Gasteiger partial charge in [0.1, 0.15) is 11.2 Å². The summed E-state index contributed by atoms with van der Waals surface area (Å²) in [7, 11) is -9.56. The van der Waals surface area contributed by atoms with E-state index in [1.165, 1.54) is 27.7 Å². The monoisotopic (exact) mass is 278 g/mol. The Morgan fingerprint density at radius 3 is 1.06 bits per heavy atom. The summed E-state index contributed by atoms with van der Waals surface area (Å²) in [4.78, 5) is 34.6. The molecule has 0 radical (unpaired) electrons. The lowest BCUT2D eigenvalue weighted by molar-refractivity contribution is -0.0960. The second kappa shape index (κ2) is 4.48. The number of phosphoric ester groups is 2. The quantitative estimate of drug-likeness (QED) is 0.541. The molecule has 0 rings (SSSR count). The molecule has 4 N–H and O–H groups in total. The predicted octanol–water partition coefficient (Wildman–Crippen LogP) is 0.762. The van der Waals surface area contributed by atoms with Gasteiger partial charge in [-0.15, -0.1) is 0 Å². The van der Waals surface area contributed by atoms with Crippen LogP contribution in [0.3, 0.4) is 0 Å². The Labute approximate surface area is 93.1 Å². The van der Waals surface area contributed by atoms with Crippen molar-refractivity contribution >= 4 is 15.6 Å². The Balaban J connectivity index is 4.99. The lowest BCUT2D eigenvalue weighted by Crippen LogP contribution is -2.48. The van der Waals surface area contributed by atoms with E-state index in [9.17, 15) is 9.13 Å². The minimum Gasteiger partial charge on any atom is -0.303 e. The summed E-state index contributed by atoms with van der Waals surface area (Å²) in [6.45, 7) is 5.01. The Kier molecular flexibility index (Phi) is 4.54. The van der Waals surface area contributed by atoms with Crippen molar-refractivity contribution in [3.63, 3.8) is 0 Å². The number of phosphoric acid groups is 2. The first-order valence-electron chi connectivity index (χ1n) is 4.19. The summed E-state index contributed by atoms with van der Waals surface area (Å²) in [5, 5.41) is 0. The third-order valence-corrected chi connectivity index (χ3v) is 3.53. The molecule has 0 heterocycles. The Hall–Kier alpha value is 0.220. The zero-order valence-corrected chi connectivity index (χ0v) is 11.1. The minimum atomic E-state index is -4.78. The van der Waals surface area contributed by atoms with E-state index in [1.54, 1.807) is 0 Å². The maximum absolute atomic E-state index is 10.7. The van der Waals surface area contributed by atoms with Crippen LogP contribution in [0.2, 0.25) is 0 Å². The normalized spacial score (nSPS) is 15.2. The molecule has 0 saturated heterocycles. The van der Waals surface area contributed by atoms with Gasteiger partial charge < -0.3 is 19.6 Å². The number of hydrogen-bond donors (Lipinski definition) is 4. The molecular formula is C6H16O8P2. The molecule has 8 nitrogen and oxygen atoms in total. The van der Waals surface area contributed by atoms with Gasteiger partial charge in [0.25, 0.3) is 0 Å². The molecule has 0 aromatic rings. The van der Waals surface area contributed by atoms with Crippen molar-refractivity contribution in [3.05, 3.63) is 0 Å². The summed E-state index contributed by atoms with van der Waals surface area (Å²) in [5.74, 6) is 0. The van der Waals surface area contributed by atoms with Gasteiger partial charge in [-0.25, -0.2) is 9.13 Å². The van der Waals surface area contributed by atoms with Crippen LogP contribution in [0.1, 0.15) is 27.7 Å². The van der Waals surface area contributed by atoms with Gasteiger partial charge in [-0.1, -0.05) is 0 Å². The topological polar surface area (TPSA) is 134 Å². The lowest BCUT2D eigenvalue weighted by atomic mass is 9.90. The van der Waals surface area contributed by atoms with Crippen molar-refractivity contribution in [2.45, 2.75) is 38.9 Å². The summed E-state index contributed by atoms with van der Waals surface area (Å²) in [6, 6.07) is 0. The van der Waals surface area contributed by atoms with Crippen LogP contribution in [0.5, 0.6) is 0 Å². The van der Waals surface area contributed by atoms with Crippen LogP contribution in [0.25, 0.3) is 0 Å². The lowest BCUT2D eigenvalue weighted by Gasteiger charge is -2.40. The third-order valence-electron chi connectivity index (χ3n) is 2.14. The second-order valence-corrected chi connectivity index (χ2v) is 6.51. The van der Waals surface area contributed by atoms with Gasteiger partial charge in [0.15, 0.2) is 0 Å². The molecule has 98 valence electrons. The molecule has 0 fully saturated rings. The molecule has 0 spiro atoms. The standard InChI is InChI=1S/C6H16O8P2/c1-5(2,13-15(7,8)9)6(3,4)14-16(10,11)12/h1-4H3,(H2,7,8,9)(H2,10,11,12). The maximum Gasteiger partial charge on any atom is 0.470 e. The molecule has 16 heavy (non-hydrogen) atoms. The van der Waals surface area contributed by atoms with Crippen molar-refractivity contribution < 1.29 is 37.8 Å². The molecule has 0 atom stereocenters. The van der Waals surface area contributed by atoms with Gasteiger partial charge in [-0.05, 0) is 27.7 Å². The highest BCUT2D eigenvalue weighted by atomic mass is 31.2. The predicted molar refractivity (Wildman–Crippen MR) is 54.4 cm³/mol. The summed E-state index contributed by atoms with van der Waals surface area (Å²) in [5.41, 5.74) is -3.18. The fourth-order valence-corrected chi connectivity index (χ4v) is 2.44. The van der Waals surface area contributed by atoms with Crippen molar-refractivity contribution in [2.75, 3.05) is 0 Å². The molecule has 0 aliphatic carbocycles. The molecule has 0 unspecified atom stereocenters. The molecule has 0 aromatic heterocycles. The molecule has 0 amide bonds. The first kappa shape index (κ1) is 16.2. The van der Waals surface area contributed by atoms with E-state index in [0.29, 0.717) is 0 Å². The smallest absolute Gasteiger partial charge is 0.303 e. The zero-order chi connectivity index (χ0) is 13.4. The molecule has 0 bridgehead atoms. The Morgan fingerprint density at radius 2 is 0.938 bits per heavy atom. The minimum absolute atomic E-state index is 1.25. The molecule has 0 saturated carbocycles. The highest BCUT2D eigenvalue weighted by molar-refractivity contribution is 7.46. The molecule has 0 aliphatic rings. The largest absolute Gasteiger partial charge is 0.470 e. The van der Waals surface area contributed by atoms with Crippen LogP contribution in [0.15, 0.2) is 0 Å². The summed E-state index contributed by atoms with van der Waals surface area (Å²) >= 11 is 0. The maximum atomic E-state index is 10.7. The average molecular weight is 278 g/mol. The Bertz CT molecular complexity index is 302. The van der Waals surface area contributed by atoms with Gasteiger partial charge in [-0.3, -0.25) is 9.05 Å². The van der Waals surface area contributed by atoms with Crippen molar-refractivity contribution in [3.8, 4) is 0 Å². The van der Waals surface area contributed by atoms with Crippen LogP contribution < -0.4 is 0 Å². The molecule has 0 aromatic carbocycles. The van der Waals surface area contributed by atoms with Crippen molar-refractivity contribution in [1.82, 2.24) is 0 Å². The van der Waals surface area contributed by atoms with Crippen LogP contribution in [-0.4, -0.2) is 30.8 Å². The fourth-order valence-electron chi connectivity index (χ4n) is 0.814.